The zero-order valence-corrected chi connectivity index (χ0v) is 14.8. The Morgan fingerprint density at radius 3 is 2.18 bits per heavy atom. The van der Waals surface area contributed by atoms with Crippen molar-refractivity contribution in [2.24, 2.45) is 0 Å². The Hall–Kier alpha value is -0.780. The fourth-order valence-electron chi connectivity index (χ4n) is 2.04. The van der Waals surface area contributed by atoms with Crippen molar-refractivity contribution in [2.45, 2.75) is 18.2 Å². The molecular weight excluding hydrogens is 365 g/mol. The van der Waals surface area contributed by atoms with E-state index < -0.39 is 10.0 Å². The zero-order valence-electron chi connectivity index (χ0n) is 11.7. The van der Waals surface area contributed by atoms with E-state index in [-0.39, 0.29) is 21.5 Å². The minimum absolute atomic E-state index is 0.0967. The lowest BCUT2D eigenvalue weighted by molar-refractivity contribution is 0.582. The van der Waals surface area contributed by atoms with E-state index in [9.17, 15) is 8.42 Å². The van der Waals surface area contributed by atoms with Crippen LogP contribution in [0.4, 0.5) is 0 Å². The second-order valence-electron chi connectivity index (χ2n) is 4.80. The Morgan fingerprint density at radius 1 is 1.00 bits per heavy atom. The summed E-state index contributed by atoms with van der Waals surface area (Å²) in [4.78, 5) is -0.0967. The molecule has 0 aliphatic carbocycles. The third kappa shape index (κ3) is 4.15. The molecule has 0 bridgehead atoms. The summed E-state index contributed by atoms with van der Waals surface area (Å²) in [5.74, 6) is 0. The standard InChI is InChI=1S/C15H14Cl3NO2S/c1-10-8-13(17)15(14(18)9-10)22(20,21)19-7-6-11-4-2-3-5-12(11)16/h2-5,8-9,19H,6-7H2,1H3. The first-order chi connectivity index (χ1) is 10.3. The van der Waals surface area contributed by atoms with Gasteiger partial charge < -0.3 is 0 Å². The molecule has 0 spiro atoms. The molecule has 118 valence electrons. The Labute approximate surface area is 145 Å². The smallest absolute Gasteiger partial charge is 0.211 e. The largest absolute Gasteiger partial charge is 0.243 e. The van der Waals surface area contributed by atoms with Gasteiger partial charge in [-0.15, -0.1) is 0 Å². The van der Waals surface area contributed by atoms with E-state index in [1.54, 1.807) is 25.1 Å². The van der Waals surface area contributed by atoms with Crippen LogP contribution in [0.15, 0.2) is 41.3 Å². The average molecular weight is 379 g/mol. The summed E-state index contributed by atoms with van der Waals surface area (Å²) in [5.41, 5.74) is 1.66. The maximum atomic E-state index is 12.3. The summed E-state index contributed by atoms with van der Waals surface area (Å²) in [7, 11) is -3.78. The first kappa shape index (κ1) is 17.6. The van der Waals surface area contributed by atoms with E-state index in [1.807, 2.05) is 18.2 Å². The third-order valence-corrected chi connectivity index (χ3v) is 5.81. The van der Waals surface area contributed by atoms with Crippen LogP contribution in [0.1, 0.15) is 11.1 Å². The van der Waals surface area contributed by atoms with Crippen LogP contribution in [-0.2, 0) is 16.4 Å². The van der Waals surface area contributed by atoms with Crippen molar-refractivity contribution in [1.82, 2.24) is 4.72 Å². The molecule has 1 N–H and O–H groups in total. The molecule has 0 atom stereocenters. The number of sulfonamides is 1. The molecule has 0 saturated heterocycles. The van der Waals surface area contributed by atoms with E-state index in [4.69, 9.17) is 34.8 Å². The van der Waals surface area contributed by atoms with E-state index in [0.29, 0.717) is 11.4 Å². The molecule has 0 unspecified atom stereocenters. The fourth-order valence-corrected chi connectivity index (χ4v) is 4.62. The SMILES string of the molecule is Cc1cc(Cl)c(S(=O)(=O)NCCc2ccccc2Cl)c(Cl)c1. The Morgan fingerprint density at radius 2 is 1.59 bits per heavy atom. The first-order valence-corrected chi connectivity index (χ1v) is 9.11. The van der Waals surface area contributed by atoms with Gasteiger partial charge in [0.2, 0.25) is 10.0 Å². The Balaban J connectivity index is 2.14. The topological polar surface area (TPSA) is 46.2 Å². The number of rotatable bonds is 5. The van der Waals surface area contributed by atoms with Crippen molar-refractivity contribution in [2.75, 3.05) is 6.54 Å². The molecule has 22 heavy (non-hydrogen) atoms. The summed E-state index contributed by atoms with van der Waals surface area (Å²) < 4.78 is 27.2. The molecule has 2 aromatic rings. The normalized spacial score (nSPS) is 11.6. The summed E-state index contributed by atoms with van der Waals surface area (Å²) in [6.45, 7) is 1.99. The van der Waals surface area contributed by atoms with Gasteiger partial charge in [0.05, 0.1) is 10.0 Å². The molecule has 0 aliphatic rings. The van der Waals surface area contributed by atoms with Gasteiger partial charge in [-0.3, -0.25) is 0 Å². The van der Waals surface area contributed by atoms with Crippen molar-refractivity contribution in [1.29, 1.82) is 0 Å². The second-order valence-corrected chi connectivity index (χ2v) is 7.72. The lowest BCUT2D eigenvalue weighted by atomic mass is 10.1. The molecular formula is C15H14Cl3NO2S. The number of hydrogen-bond acceptors (Lipinski definition) is 2. The van der Waals surface area contributed by atoms with Crippen LogP contribution < -0.4 is 4.72 Å². The predicted octanol–water partition coefficient (Wildman–Crippen LogP) is 4.48. The highest BCUT2D eigenvalue weighted by Crippen LogP contribution is 2.30. The molecule has 0 saturated carbocycles. The van der Waals surface area contributed by atoms with Crippen molar-refractivity contribution >= 4 is 44.8 Å². The molecule has 0 heterocycles. The van der Waals surface area contributed by atoms with Gasteiger partial charge in [0, 0.05) is 11.6 Å². The highest BCUT2D eigenvalue weighted by Gasteiger charge is 2.21. The van der Waals surface area contributed by atoms with Crippen LogP contribution in [0.5, 0.6) is 0 Å². The number of aryl methyl sites for hydroxylation is 1. The van der Waals surface area contributed by atoms with Crippen molar-refractivity contribution < 1.29 is 8.42 Å². The van der Waals surface area contributed by atoms with Gasteiger partial charge in [-0.25, -0.2) is 13.1 Å². The highest BCUT2D eigenvalue weighted by molar-refractivity contribution is 7.89. The van der Waals surface area contributed by atoms with Crippen LogP contribution in [0.2, 0.25) is 15.1 Å². The van der Waals surface area contributed by atoms with Gasteiger partial charge in [-0.1, -0.05) is 53.0 Å². The zero-order chi connectivity index (χ0) is 16.3. The minimum atomic E-state index is -3.78. The van der Waals surface area contributed by atoms with E-state index in [1.165, 1.54) is 0 Å². The average Bonchev–Trinajstić information content (AvgIpc) is 2.39. The van der Waals surface area contributed by atoms with Gasteiger partial charge >= 0.3 is 0 Å². The first-order valence-electron chi connectivity index (χ1n) is 6.50. The fraction of sp³-hybridized carbons (Fsp3) is 0.200. The molecule has 0 amide bonds. The van der Waals surface area contributed by atoms with E-state index >= 15 is 0 Å². The Kier molecular flexibility index (Phi) is 5.75. The van der Waals surface area contributed by atoms with Gasteiger partial charge in [0.25, 0.3) is 0 Å². The lowest BCUT2D eigenvalue weighted by Crippen LogP contribution is -2.26. The van der Waals surface area contributed by atoms with Gasteiger partial charge in [-0.2, -0.15) is 0 Å². The maximum Gasteiger partial charge on any atom is 0.243 e. The van der Waals surface area contributed by atoms with Gasteiger partial charge in [0.1, 0.15) is 4.90 Å². The molecule has 0 radical (unpaired) electrons. The summed E-state index contributed by atoms with van der Waals surface area (Å²) in [6, 6.07) is 10.4. The van der Waals surface area contributed by atoms with Gasteiger partial charge in [-0.05, 0) is 42.7 Å². The molecule has 3 nitrogen and oxygen atoms in total. The maximum absolute atomic E-state index is 12.3. The van der Waals surface area contributed by atoms with Crippen molar-refractivity contribution in [3.8, 4) is 0 Å². The van der Waals surface area contributed by atoms with Crippen LogP contribution >= 0.6 is 34.8 Å². The minimum Gasteiger partial charge on any atom is -0.211 e. The van der Waals surface area contributed by atoms with Crippen molar-refractivity contribution in [3.63, 3.8) is 0 Å². The molecule has 0 fully saturated rings. The van der Waals surface area contributed by atoms with Crippen LogP contribution in [0, 0.1) is 6.92 Å². The monoisotopic (exact) mass is 377 g/mol. The predicted molar refractivity (Wildman–Crippen MR) is 91.5 cm³/mol. The summed E-state index contributed by atoms with van der Waals surface area (Å²) >= 11 is 18.1. The van der Waals surface area contributed by atoms with Crippen molar-refractivity contribution in [3.05, 3.63) is 62.6 Å². The van der Waals surface area contributed by atoms with E-state index in [2.05, 4.69) is 4.72 Å². The molecule has 0 aromatic heterocycles. The summed E-state index contributed by atoms with van der Waals surface area (Å²) in [6.07, 6.45) is 0.472. The number of hydrogen-bond donors (Lipinski definition) is 1. The number of nitrogens with one attached hydrogen (secondary N) is 1. The van der Waals surface area contributed by atoms with E-state index in [0.717, 1.165) is 11.1 Å². The lowest BCUT2D eigenvalue weighted by Gasteiger charge is -2.11. The van der Waals surface area contributed by atoms with Gasteiger partial charge in [0.15, 0.2) is 0 Å². The number of benzene rings is 2. The second kappa shape index (κ2) is 7.20. The molecule has 2 rings (SSSR count). The molecule has 7 heteroatoms. The highest BCUT2D eigenvalue weighted by atomic mass is 35.5. The quantitative estimate of drug-likeness (QED) is 0.834. The van der Waals surface area contributed by atoms with Crippen LogP contribution in [-0.4, -0.2) is 15.0 Å². The third-order valence-electron chi connectivity index (χ3n) is 3.06. The molecule has 0 aliphatic heterocycles. The Bertz CT molecular complexity index is 768. The van der Waals surface area contributed by atoms with Crippen LogP contribution in [0.3, 0.4) is 0 Å². The number of halogens is 3. The summed E-state index contributed by atoms with van der Waals surface area (Å²) in [5, 5.41) is 0.818. The van der Waals surface area contributed by atoms with Crippen LogP contribution in [0.25, 0.3) is 0 Å². The molecule has 2 aromatic carbocycles.